The van der Waals surface area contributed by atoms with Crippen molar-refractivity contribution in [2.75, 3.05) is 31.1 Å². The Morgan fingerprint density at radius 3 is 2.74 bits per heavy atom. The van der Waals surface area contributed by atoms with Crippen LogP contribution >= 0.6 is 11.7 Å². The first-order valence-electron chi connectivity index (χ1n) is 7.49. The minimum Gasteiger partial charge on any atom is -0.423 e. The molecule has 0 aromatic carbocycles. The smallest absolute Gasteiger partial charge is 0.275 e. The molecule has 4 rings (SSSR count). The van der Waals surface area contributed by atoms with Crippen LogP contribution in [0.4, 0.5) is 5.88 Å². The fourth-order valence-electron chi connectivity index (χ4n) is 2.65. The highest BCUT2D eigenvalue weighted by molar-refractivity contribution is 6.99. The van der Waals surface area contributed by atoms with Gasteiger partial charge in [0.1, 0.15) is 6.07 Å². The van der Waals surface area contributed by atoms with Crippen molar-refractivity contribution in [1.29, 1.82) is 5.26 Å². The summed E-state index contributed by atoms with van der Waals surface area (Å²) in [6.45, 7) is 2.33. The number of aromatic nitrogens is 3. The van der Waals surface area contributed by atoms with E-state index in [2.05, 4.69) is 19.8 Å². The number of nitriles is 1. The van der Waals surface area contributed by atoms with Crippen LogP contribution in [0.5, 0.6) is 0 Å². The third-order valence-corrected chi connectivity index (χ3v) is 4.57. The Hall–Kier alpha value is -2.47. The molecule has 0 atom stereocenters. The average Bonchev–Trinajstić information content (AvgIpc) is 3.14. The highest BCUT2D eigenvalue weighted by atomic mass is 32.1. The number of nitrogens with zero attached hydrogens (tertiary/aromatic N) is 6. The molecule has 0 N–H and O–H groups in total. The van der Waals surface area contributed by atoms with Gasteiger partial charge in [-0.2, -0.15) is 14.0 Å². The number of carbonyl (C=O) groups is 1. The zero-order valence-electron chi connectivity index (χ0n) is 12.3. The largest absolute Gasteiger partial charge is 0.423 e. The molecule has 23 heavy (non-hydrogen) atoms. The summed E-state index contributed by atoms with van der Waals surface area (Å²) >= 11 is 1.03. The maximum absolute atomic E-state index is 12.3. The quantitative estimate of drug-likeness (QED) is 0.834. The lowest BCUT2D eigenvalue weighted by molar-refractivity contribution is 0.0740. The SMILES string of the molecule is N#Cc1nc(C2CC2)oc1N1CCN(C(=O)c2cnsn2)CC1. The first-order valence-corrected chi connectivity index (χ1v) is 8.22. The van der Waals surface area contributed by atoms with Crippen LogP contribution in [0.3, 0.4) is 0 Å². The lowest BCUT2D eigenvalue weighted by Gasteiger charge is -2.34. The van der Waals surface area contributed by atoms with Gasteiger partial charge in [-0.3, -0.25) is 4.79 Å². The van der Waals surface area contributed by atoms with Crippen LogP contribution in [-0.2, 0) is 0 Å². The van der Waals surface area contributed by atoms with Crippen LogP contribution in [0.15, 0.2) is 10.6 Å². The molecular formula is C14H14N6O2S. The van der Waals surface area contributed by atoms with Gasteiger partial charge in [0, 0.05) is 32.1 Å². The predicted octanol–water partition coefficient (Wildman–Crippen LogP) is 1.24. The van der Waals surface area contributed by atoms with Gasteiger partial charge in [0.25, 0.3) is 5.91 Å². The van der Waals surface area contributed by atoms with Gasteiger partial charge < -0.3 is 14.2 Å². The number of carbonyl (C=O) groups excluding carboxylic acids is 1. The van der Waals surface area contributed by atoms with Gasteiger partial charge >= 0.3 is 0 Å². The first-order chi connectivity index (χ1) is 11.3. The summed E-state index contributed by atoms with van der Waals surface area (Å²) in [6, 6.07) is 2.11. The Kier molecular flexibility index (Phi) is 3.46. The highest BCUT2D eigenvalue weighted by Crippen LogP contribution is 2.41. The summed E-state index contributed by atoms with van der Waals surface area (Å²) in [7, 11) is 0. The van der Waals surface area contributed by atoms with Gasteiger partial charge in [-0.25, -0.2) is 4.98 Å². The number of oxazole rings is 1. The number of hydrogen-bond donors (Lipinski definition) is 0. The highest BCUT2D eigenvalue weighted by Gasteiger charge is 2.33. The van der Waals surface area contributed by atoms with Crippen LogP contribution in [-0.4, -0.2) is 50.7 Å². The molecule has 0 radical (unpaired) electrons. The van der Waals surface area contributed by atoms with Crippen molar-refractivity contribution in [3.05, 3.63) is 23.5 Å². The van der Waals surface area contributed by atoms with E-state index in [-0.39, 0.29) is 5.91 Å². The van der Waals surface area contributed by atoms with Crippen molar-refractivity contribution >= 4 is 23.5 Å². The Labute approximate surface area is 136 Å². The van der Waals surface area contributed by atoms with Crippen molar-refractivity contribution in [2.24, 2.45) is 0 Å². The summed E-state index contributed by atoms with van der Waals surface area (Å²) in [6.07, 6.45) is 3.65. The fourth-order valence-corrected chi connectivity index (χ4v) is 3.06. The standard InChI is InChI=1S/C14H14N6O2S/c15-7-10-14(22-12(17-10)9-1-2-9)20-5-3-19(4-6-20)13(21)11-8-16-23-18-11/h8-9H,1-6H2. The van der Waals surface area contributed by atoms with Crippen LogP contribution in [0, 0.1) is 11.3 Å². The summed E-state index contributed by atoms with van der Waals surface area (Å²) < 4.78 is 13.6. The number of anilines is 1. The maximum atomic E-state index is 12.3. The molecular weight excluding hydrogens is 316 g/mol. The number of piperazine rings is 1. The minimum absolute atomic E-state index is 0.102. The van der Waals surface area contributed by atoms with Crippen molar-refractivity contribution in [3.63, 3.8) is 0 Å². The van der Waals surface area contributed by atoms with Crippen LogP contribution in [0.1, 0.15) is 40.8 Å². The van der Waals surface area contributed by atoms with Gasteiger partial charge in [0.15, 0.2) is 5.69 Å². The van der Waals surface area contributed by atoms with E-state index in [9.17, 15) is 10.1 Å². The van der Waals surface area contributed by atoms with E-state index in [1.165, 1.54) is 6.20 Å². The Bertz CT molecular complexity index is 753. The molecule has 1 aliphatic heterocycles. The number of hydrogen-bond acceptors (Lipinski definition) is 8. The van der Waals surface area contributed by atoms with Crippen LogP contribution < -0.4 is 4.90 Å². The first kappa shape index (κ1) is 14.1. The molecule has 1 saturated heterocycles. The Balaban J connectivity index is 1.45. The van der Waals surface area contributed by atoms with E-state index in [0.29, 0.717) is 55.3 Å². The monoisotopic (exact) mass is 330 g/mol. The normalized spacial score (nSPS) is 18.0. The average molecular weight is 330 g/mol. The second-order valence-electron chi connectivity index (χ2n) is 5.66. The molecule has 1 saturated carbocycles. The van der Waals surface area contributed by atoms with Crippen molar-refractivity contribution in [3.8, 4) is 6.07 Å². The van der Waals surface area contributed by atoms with Gasteiger partial charge in [-0.1, -0.05) is 0 Å². The lowest BCUT2D eigenvalue weighted by atomic mass is 10.3. The van der Waals surface area contributed by atoms with Gasteiger partial charge in [0.2, 0.25) is 17.5 Å². The lowest BCUT2D eigenvalue weighted by Crippen LogP contribution is -2.49. The Morgan fingerprint density at radius 2 is 2.13 bits per heavy atom. The van der Waals surface area contributed by atoms with E-state index in [1.54, 1.807) is 4.90 Å². The molecule has 0 bridgehead atoms. The molecule has 9 heteroatoms. The second kappa shape index (κ2) is 5.62. The summed E-state index contributed by atoms with van der Waals surface area (Å²) in [5, 5.41) is 9.25. The molecule has 0 unspecified atom stereocenters. The van der Waals surface area contributed by atoms with Crippen LogP contribution in [0.2, 0.25) is 0 Å². The zero-order chi connectivity index (χ0) is 15.8. The minimum atomic E-state index is -0.102. The predicted molar refractivity (Wildman–Crippen MR) is 81.2 cm³/mol. The van der Waals surface area contributed by atoms with Crippen molar-refractivity contribution < 1.29 is 9.21 Å². The zero-order valence-corrected chi connectivity index (χ0v) is 13.1. The third kappa shape index (κ3) is 2.66. The fraction of sp³-hybridized carbons (Fsp3) is 0.500. The molecule has 3 heterocycles. The van der Waals surface area contributed by atoms with Gasteiger partial charge in [-0.15, -0.1) is 0 Å². The maximum Gasteiger partial charge on any atom is 0.275 e. The van der Waals surface area contributed by atoms with E-state index in [1.807, 2.05) is 4.90 Å². The summed E-state index contributed by atoms with van der Waals surface area (Å²) in [4.78, 5) is 20.3. The van der Waals surface area contributed by atoms with E-state index in [4.69, 9.17) is 4.42 Å². The molecule has 8 nitrogen and oxygen atoms in total. The summed E-state index contributed by atoms with van der Waals surface area (Å²) in [5.41, 5.74) is 0.729. The molecule has 2 aromatic rings. The summed E-state index contributed by atoms with van der Waals surface area (Å²) in [5.74, 6) is 1.48. The van der Waals surface area contributed by atoms with Crippen molar-refractivity contribution in [2.45, 2.75) is 18.8 Å². The van der Waals surface area contributed by atoms with Gasteiger partial charge in [-0.05, 0) is 12.8 Å². The van der Waals surface area contributed by atoms with E-state index in [0.717, 1.165) is 24.6 Å². The van der Waals surface area contributed by atoms with Crippen LogP contribution in [0.25, 0.3) is 0 Å². The molecule has 0 spiro atoms. The van der Waals surface area contributed by atoms with E-state index >= 15 is 0 Å². The molecule has 2 aliphatic rings. The molecule has 2 aromatic heterocycles. The van der Waals surface area contributed by atoms with Gasteiger partial charge in [0.05, 0.1) is 17.9 Å². The molecule has 2 fully saturated rings. The van der Waals surface area contributed by atoms with E-state index < -0.39 is 0 Å². The molecule has 1 aliphatic carbocycles. The Morgan fingerprint density at radius 1 is 1.35 bits per heavy atom. The number of rotatable bonds is 3. The molecule has 1 amide bonds. The van der Waals surface area contributed by atoms with Crippen molar-refractivity contribution in [1.82, 2.24) is 18.6 Å². The third-order valence-electron chi connectivity index (χ3n) is 4.09. The molecule has 118 valence electrons. The topological polar surface area (TPSA) is 99.2 Å². The second-order valence-corrected chi connectivity index (χ2v) is 6.22. The number of amides is 1.